The van der Waals surface area contributed by atoms with E-state index >= 15 is 0 Å². The van der Waals surface area contributed by atoms with Gasteiger partial charge in [0.25, 0.3) is 5.91 Å². The topological polar surface area (TPSA) is 69.8 Å². The zero-order chi connectivity index (χ0) is 18.7. The third-order valence-electron chi connectivity index (χ3n) is 4.55. The summed E-state index contributed by atoms with van der Waals surface area (Å²) in [6.45, 7) is 0.854. The Kier molecular flexibility index (Phi) is 5.33. The molecule has 1 aromatic heterocycles. The van der Waals surface area contributed by atoms with E-state index in [4.69, 9.17) is 4.52 Å². The summed E-state index contributed by atoms with van der Waals surface area (Å²) in [6, 6.07) is 5.59. The number of hydrogen-bond acceptors (Lipinski definition) is 5. The van der Waals surface area contributed by atoms with Crippen LogP contribution in [0.2, 0.25) is 0 Å². The van der Waals surface area contributed by atoms with Crippen LogP contribution in [0.4, 0.5) is 8.78 Å². The minimum Gasteiger partial charge on any atom is -0.379 e. The van der Waals surface area contributed by atoms with Crippen molar-refractivity contribution in [3.05, 3.63) is 53.4 Å². The predicted molar refractivity (Wildman–Crippen MR) is 88.8 cm³/mol. The molecule has 1 fully saturated rings. The smallest absolute Gasteiger partial charge is 0.256 e. The number of carbonyl (C=O) groups is 1. The number of aromatic nitrogens is 1. The van der Waals surface area contributed by atoms with Gasteiger partial charge < -0.3 is 14.5 Å². The number of piperidine rings is 1. The molecule has 1 aromatic carbocycles. The molecule has 0 spiro atoms. The van der Waals surface area contributed by atoms with E-state index in [0.717, 1.165) is 6.07 Å². The number of rotatable bonds is 6. The number of likely N-dealkylation sites (tertiary alicyclic amines) is 1. The van der Waals surface area contributed by atoms with Gasteiger partial charge in [0.1, 0.15) is 6.26 Å². The van der Waals surface area contributed by atoms with Gasteiger partial charge in [-0.05, 0) is 26.0 Å². The first kappa shape index (κ1) is 18.5. The Hall–Kier alpha value is -2.32. The fourth-order valence-corrected chi connectivity index (χ4v) is 3.34. The van der Waals surface area contributed by atoms with E-state index in [-0.39, 0.29) is 18.7 Å². The average Bonchev–Trinajstić information content (AvgIpc) is 3.09. The maximum atomic E-state index is 13.9. The molecule has 140 valence electrons. The molecule has 0 saturated carbocycles. The first-order valence-corrected chi connectivity index (χ1v) is 8.41. The molecule has 6 nitrogen and oxygen atoms in total. The molecule has 26 heavy (non-hydrogen) atoms. The first-order chi connectivity index (χ1) is 12.4. The molecule has 2 aromatic rings. The molecule has 2 heterocycles. The molecule has 1 saturated heterocycles. The minimum atomic E-state index is -1.57. The zero-order valence-electron chi connectivity index (χ0n) is 14.5. The Morgan fingerprint density at radius 3 is 2.92 bits per heavy atom. The third-order valence-corrected chi connectivity index (χ3v) is 4.55. The van der Waals surface area contributed by atoms with Crippen molar-refractivity contribution in [1.82, 2.24) is 15.0 Å². The number of carbonyl (C=O) groups excluding carboxylic acids is 1. The molecule has 1 N–H and O–H groups in total. The lowest BCUT2D eigenvalue weighted by atomic mass is 9.90. The summed E-state index contributed by atoms with van der Waals surface area (Å²) in [7, 11) is 1.77. The summed E-state index contributed by atoms with van der Waals surface area (Å²) in [6.07, 6.45) is 2.35. The second-order valence-corrected chi connectivity index (χ2v) is 6.74. The van der Waals surface area contributed by atoms with Crippen LogP contribution >= 0.6 is 0 Å². The van der Waals surface area contributed by atoms with Crippen molar-refractivity contribution in [2.24, 2.45) is 0 Å². The monoisotopic (exact) mass is 365 g/mol. The third kappa shape index (κ3) is 3.91. The van der Waals surface area contributed by atoms with Gasteiger partial charge in [-0.15, -0.1) is 0 Å². The van der Waals surface area contributed by atoms with Crippen molar-refractivity contribution in [2.45, 2.75) is 31.5 Å². The number of aliphatic hydroxyl groups is 1. The van der Waals surface area contributed by atoms with E-state index < -0.39 is 23.1 Å². The average molecular weight is 365 g/mol. The largest absolute Gasteiger partial charge is 0.379 e. The van der Waals surface area contributed by atoms with Crippen molar-refractivity contribution in [1.29, 1.82) is 0 Å². The van der Waals surface area contributed by atoms with E-state index in [9.17, 15) is 18.7 Å². The molecule has 0 unspecified atom stereocenters. The molecule has 1 amide bonds. The molecule has 1 aliphatic heterocycles. The molecule has 0 bridgehead atoms. The van der Waals surface area contributed by atoms with Crippen LogP contribution in [0.15, 0.2) is 35.1 Å². The van der Waals surface area contributed by atoms with Crippen molar-refractivity contribution in [2.75, 3.05) is 20.1 Å². The van der Waals surface area contributed by atoms with Gasteiger partial charge in [-0.25, -0.2) is 8.78 Å². The summed E-state index contributed by atoms with van der Waals surface area (Å²) in [4.78, 5) is 15.9. The highest BCUT2D eigenvalue weighted by molar-refractivity contribution is 5.86. The van der Waals surface area contributed by atoms with E-state index in [1.807, 2.05) is 0 Å². The molecule has 8 heteroatoms. The van der Waals surface area contributed by atoms with Crippen molar-refractivity contribution in [3.8, 4) is 0 Å². The van der Waals surface area contributed by atoms with Crippen LogP contribution in [-0.4, -0.2) is 51.7 Å². The van der Waals surface area contributed by atoms with Crippen molar-refractivity contribution < 1.29 is 23.2 Å². The number of amides is 1. The molecule has 1 atom stereocenters. The van der Waals surface area contributed by atoms with E-state index in [2.05, 4.69) is 5.16 Å². The quantitative estimate of drug-likeness (QED) is 0.847. The van der Waals surface area contributed by atoms with Gasteiger partial charge in [0.05, 0.1) is 5.69 Å². The van der Waals surface area contributed by atoms with Crippen LogP contribution in [-0.2, 0) is 17.9 Å². The Morgan fingerprint density at radius 1 is 1.38 bits per heavy atom. The van der Waals surface area contributed by atoms with E-state index in [1.165, 1.54) is 23.3 Å². The van der Waals surface area contributed by atoms with Gasteiger partial charge >= 0.3 is 0 Å². The van der Waals surface area contributed by atoms with Crippen LogP contribution in [0.5, 0.6) is 0 Å². The molecule has 0 radical (unpaired) electrons. The van der Waals surface area contributed by atoms with Crippen molar-refractivity contribution in [3.63, 3.8) is 0 Å². The van der Waals surface area contributed by atoms with E-state index in [1.54, 1.807) is 18.0 Å². The zero-order valence-corrected chi connectivity index (χ0v) is 14.5. The number of likely N-dealkylation sites (N-methyl/N-ethyl adjacent to an activating group) is 1. The van der Waals surface area contributed by atoms with Gasteiger partial charge in [0.2, 0.25) is 0 Å². The number of halogens is 2. The van der Waals surface area contributed by atoms with Crippen LogP contribution in [0.25, 0.3) is 0 Å². The van der Waals surface area contributed by atoms with Crippen LogP contribution in [0.3, 0.4) is 0 Å². The summed E-state index contributed by atoms with van der Waals surface area (Å²) in [5, 5.41) is 14.7. The summed E-state index contributed by atoms with van der Waals surface area (Å²) in [5.41, 5.74) is -0.780. The SMILES string of the molecule is CN(Cc1ccon1)C[C@]1(O)CCCN(Cc2cccc(F)c2F)C1=O. The minimum absolute atomic E-state index is 0.0717. The molecule has 1 aliphatic rings. The summed E-state index contributed by atoms with van der Waals surface area (Å²) >= 11 is 0. The summed E-state index contributed by atoms with van der Waals surface area (Å²) in [5.74, 6) is -2.38. The first-order valence-electron chi connectivity index (χ1n) is 8.41. The van der Waals surface area contributed by atoms with E-state index in [0.29, 0.717) is 31.6 Å². The van der Waals surface area contributed by atoms with Gasteiger partial charge in [0, 0.05) is 37.8 Å². The van der Waals surface area contributed by atoms with Crippen LogP contribution < -0.4 is 0 Å². The van der Waals surface area contributed by atoms with Gasteiger partial charge in [0.15, 0.2) is 17.2 Å². The molecule has 0 aliphatic carbocycles. The maximum absolute atomic E-state index is 13.9. The van der Waals surface area contributed by atoms with Crippen LogP contribution in [0.1, 0.15) is 24.1 Å². The highest BCUT2D eigenvalue weighted by Gasteiger charge is 2.43. The lowest BCUT2D eigenvalue weighted by Crippen LogP contribution is -2.57. The maximum Gasteiger partial charge on any atom is 0.256 e. The summed E-state index contributed by atoms with van der Waals surface area (Å²) < 4.78 is 32.1. The Morgan fingerprint density at radius 2 is 2.19 bits per heavy atom. The normalized spacial score (nSPS) is 20.8. The van der Waals surface area contributed by atoms with Gasteiger partial charge in [-0.2, -0.15) is 0 Å². The lowest BCUT2D eigenvalue weighted by Gasteiger charge is -2.40. The number of benzene rings is 1. The van der Waals surface area contributed by atoms with Crippen molar-refractivity contribution >= 4 is 5.91 Å². The van der Waals surface area contributed by atoms with Crippen LogP contribution in [0, 0.1) is 11.6 Å². The fourth-order valence-electron chi connectivity index (χ4n) is 3.34. The molecular weight excluding hydrogens is 344 g/mol. The number of nitrogens with zero attached hydrogens (tertiary/aromatic N) is 3. The molecular formula is C18H21F2N3O3. The highest BCUT2D eigenvalue weighted by Crippen LogP contribution is 2.26. The lowest BCUT2D eigenvalue weighted by molar-refractivity contribution is -0.160. The Bertz CT molecular complexity index is 769. The van der Waals surface area contributed by atoms with Gasteiger partial charge in [-0.3, -0.25) is 9.69 Å². The number of hydrogen-bond donors (Lipinski definition) is 1. The standard InChI is InChI=1S/C18H21F2N3O3/c1-22(11-14-6-9-26-21-14)12-18(25)7-3-8-23(17(18)24)10-13-4-2-5-15(19)16(13)20/h2,4-6,9,25H,3,7-8,10-12H2,1H3/t18-/m1/s1. The second kappa shape index (κ2) is 7.51. The predicted octanol–water partition coefficient (Wildman–Crippen LogP) is 1.94. The molecule has 3 rings (SSSR count). The van der Waals surface area contributed by atoms with Gasteiger partial charge in [-0.1, -0.05) is 17.3 Å². The Labute approximate surface area is 150 Å². The Balaban J connectivity index is 1.68. The highest BCUT2D eigenvalue weighted by atomic mass is 19.2. The second-order valence-electron chi connectivity index (χ2n) is 6.74. The fraction of sp³-hybridized carbons (Fsp3) is 0.444.